The first-order valence-electron chi connectivity index (χ1n) is 23.4. The molecule has 70 heavy (non-hydrogen) atoms. The predicted molar refractivity (Wildman–Crippen MR) is 269 cm³/mol. The number of carbonyl (C=O) groups is 11. The molecule has 1 heterocycles. The van der Waals surface area contributed by atoms with E-state index in [2.05, 4.69) is 80.4 Å². The number of hydrogen-bond acceptors (Lipinski definition) is 16. The summed E-state index contributed by atoms with van der Waals surface area (Å²) in [6, 6.07) is -11.2. The van der Waals surface area contributed by atoms with Gasteiger partial charge in [0.25, 0.3) is 0 Å². The molecule has 24 nitrogen and oxygen atoms in total. The van der Waals surface area contributed by atoms with Gasteiger partial charge in [-0.25, -0.2) is 4.79 Å². The van der Waals surface area contributed by atoms with Crippen LogP contribution in [0.25, 0.3) is 0 Å². The minimum absolute atomic E-state index is 0.0278. The van der Waals surface area contributed by atoms with E-state index in [-0.39, 0.29) is 49.0 Å². The molecule has 0 radical (unpaired) electrons. The Balaban J connectivity index is 3.20. The number of likely N-dealkylation sites (tertiary alicyclic amines) is 1. The molecule has 0 spiro atoms. The standard InChI is InChI=1S/C43H76N12O12S3/c1-7-23(6)34(53-32(57)17-47-35(58)24(45)18-68)41(64)52-29(20-70)38(61)54-33(22(4)5)40(63)50-27(15-21(2)3)42(65)55-14-10-12-30(55)39(62)51-28(19-69)37(60)49-26(16-31(46)56)36(59)48-25(43(66)67)11-8-9-13-44/h21-30,33-34,68-70H,7-20,44-45H2,1-6H3,(H2,46,56)(H,47,58)(H,48,59)(H,49,60)(H,50,63)(H,51,62)(H,52,64)(H,53,57)(H,54,61)(H,66,67)/t23-,24-,25-,26-,27-,28-,29-,30-,33-,34-/m0/s1. The molecule has 1 aliphatic rings. The van der Waals surface area contributed by atoms with Crippen LogP contribution in [0, 0.1) is 17.8 Å². The highest BCUT2D eigenvalue weighted by Crippen LogP contribution is 2.21. The third kappa shape index (κ3) is 21.2. The largest absolute Gasteiger partial charge is 0.480 e. The average Bonchev–Trinajstić information content (AvgIpc) is 3.80. The number of hydrogen-bond donors (Lipinski definition) is 15. The lowest BCUT2D eigenvalue weighted by molar-refractivity contribution is -0.143. The molecule has 0 aromatic heterocycles. The summed E-state index contributed by atoms with van der Waals surface area (Å²) in [6.07, 6.45) is 1.34. The summed E-state index contributed by atoms with van der Waals surface area (Å²) in [7, 11) is 0. The molecule has 0 aromatic rings. The minimum Gasteiger partial charge on any atom is -0.480 e. The van der Waals surface area contributed by atoms with Crippen molar-refractivity contribution in [3.8, 4) is 0 Å². The van der Waals surface area contributed by atoms with Crippen molar-refractivity contribution in [3.05, 3.63) is 0 Å². The molecule has 10 atom stereocenters. The summed E-state index contributed by atoms with van der Waals surface area (Å²) < 4.78 is 0. The first kappa shape index (κ1) is 63.2. The number of nitrogens with two attached hydrogens (primary N) is 3. The molecule has 0 aromatic carbocycles. The number of primary amides is 1. The van der Waals surface area contributed by atoms with Gasteiger partial charge in [0, 0.05) is 23.8 Å². The van der Waals surface area contributed by atoms with Crippen molar-refractivity contribution in [2.24, 2.45) is 35.0 Å². The molecule has 27 heteroatoms. The van der Waals surface area contributed by atoms with Crippen molar-refractivity contribution in [1.29, 1.82) is 0 Å². The second-order valence-electron chi connectivity index (χ2n) is 18.0. The third-order valence-electron chi connectivity index (χ3n) is 11.4. The van der Waals surface area contributed by atoms with Gasteiger partial charge in [0.15, 0.2) is 0 Å². The Morgan fingerprint density at radius 1 is 0.671 bits per heavy atom. The van der Waals surface area contributed by atoms with E-state index >= 15 is 0 Å². The molecule has 1 aliphatic heterocycles. The van der Waals surface area contributed by atoms with Gasteiger partial charge in [-0.2, -0.15) is 37.9 Å². The van der Waals surface area contributed by atoms with E-state index in [0.717, 1.165) is 0 Å². The van der Waals surface area contributed by atoms with Gasteiger partial charge in [0.1, 0.15) is 48.3 Å². The van der Waals surface area contributed by atoms with Crippen LogP contribution < -0.4 is 59.7 Å². The molecule has 1 rings (SSSR count). The summed E-state index contributed by atoms with van der Waals surface area (Å²) in [5, 5.41) is 29.7. The predicted octanol–water partition coefficient (Wildman–Crippen LogP) is -3.56. The zero-order valence-corrected chi connectivity index (χ0v) is 43.5. The van der Waals surface area contributed by atoms with E-state index in [4.69, 9.17) is 17.2 Å². The maximum atomic E-state index is 14.3. The van der Waals surface area contributed by atoms with Crippen LogP contribution in [0.1, 0.15) is 92.9 Å². The number of carboxylic acids is 1. The number of carboxylic acid groups (broad SMARTS) is 1. The van der Waals surface area contributed by atoms with Crippen LogP contribution in [0.2, 0.25) is 0 Å². The zero-order valence-electron chi connectivity index (χ0n) is 40.8. The van der Waals surface area contributed by atoms with Gasteiger partial charge in [-0.15, -0.1) is 0 Å². The highest BCUT2D eigenvalue weighted by Gasteiger charge is 2.41. The summed E-state index contributed by atoms with van der Waals surface area (Å²) >= 11 is 12.4. The van der Waals surface area contributed by atoms with Crippen LogP contribution in [0.15, 0.2) is 0 Å². The summed E-state index contributed by atoms with van der Waals surface area (Å²) in [5.41, 5.74) is 16.5. The monoisotopic (exact) mass is 1050 g/mol. The lowest BCUT2D eigenvalue weighted by Crippen LogP contribution is -2.61. The lowest BCUT2D eigenvalue weighted by Gasteiger charge is -2.32. The first-order valence-corrected chi connectivity index (χ1v) is 25.3. The molecular formula is C43H76N12O12S3. The number of aliphatic carboxylic acids is 1. The zero-order chi connectivity index (χ0) is 53.4. The minimum atomic E-state index is -1.61. The molecule has 0 bridgehead atoms. The van der Waals surface area contributed by atoms with E-state index in [1.54, 1.807) is 27.7 Å². The van der Waals surface area contributed by atoms with Gasteiger partial charge >= 0.3 is 5.97 Å². The number of nitrogens with one attached hydrogen (secondary N) is 8. The Kier molecular flexibility index (Phi) is 29.0. The molecule has 1 fully saturated rings. The van der Waals surface area contributed by atoms with Gasteiger partial charge in [-0.1, -0.05) is 48.0 Å². The van der Waals surface area contributed by atoms with Gasteiger partial charge in [-0.3, -0.25) is 47.9 Å². The number of amides is 10. The highest BCUT2D eigenvalue weighted by molar-refractivity contribution is 7.80. The molecule has 398 valence electrons. The molecule has 0 unspecified atom stereocenters. The highest BCUT2D eigenvalue weighted by atomic mass is 32.1. The Morgan fingerprint density at radius 2 is 1.21 bits per heavy atom. The van der Waals surface area contributed by atoms with Crippen LogP contribution in [0.4, 0.5) is 0 Å². The van der Waals surface area contributed by atoms with E-state index in [9.17, 15) is 57.8 Å². The van der Waals surface area contributed by atoms with Gasteiger partial charge in [0.2, 0.25) is 59.1 Å². The Bertz CT molecular complexity index is 1830. The van der Waals surface area contributed by atoms with Crippen LogP contribution in [-0.4, -0.2) is 166 Å². The Hall–Kier alpha value is -4.86. The topological polar surface area (TPSA) is 386 Å². The number of carbonyl (C=O) groups excluding carboxylic acids is 10. The molecule has 0 aliphatic carbocycles. The molecule has 10 amide bonds. The van der Waals surface area contributed by atoms with Crippen molar-refractivity contribution in [2.45, 2.75) is 147 Å². The fourth-order valence-corrected chi connectivity index (χ4v) is 7.86. The quantitative estimate of drug-likeness (QED) is 0.0229. The Morgan fingerprint density at radius 3 is 1.74 bits per heavy atom. The third-order valence-corrected chi connectivity index (χ3v) is 12.5. The van der Waals surface area contributed by atoms with Crippen LogP contribution in [0.5, 0.6) is 0 Å². The SMILES string of the molecule is CC[C@H](C)[C@H](NC(=O)CNC(=O)[C@@H](N)CS)C(=O)N[C@@H](CS)C(=O)N[C@H](C(=O)N[C@@H](CC(C)C)C(=O)N1CCC[C@H]1C(=O)N[C@@H](CS)C(=O)N[C@@H](CC(N)=O)C(=O)N[C@@H](CCCCN)C(=O)O)C(C)C. The smallest absolute Gasteiger partial charge is 0.326 e. The molecule has 0 saturated carbocycles. The number of rotatable bonds is 32. The fourth-order valence-electron chi connectivity index (χ4n) is 7.18. The van der Waals surface area contributed by atoms with Gasteiger partial charge < -0.3 is 69.7 Å². The van der Waals surface area contributed by atoms with Crippen LogP contribution in [-0.2, 0) is 52.7 Å². The first-order chi connectivity index (χ1) is 32.9. The lowest BCUT2D eigenvalue weighted by atomic mass is 9.97. The van der Waals surface area contributed by atoms with E-state index in [1.807, 2.05) is 13.8 Å². The maximum absolute atomic E-state index is 14.3. The number of unbranched alkanes of at least 4 members (excludes halogenated alkanes) is 1. The molecular weight excluding hydrogens is 973 g/mol. The normalized spacial score (nSPS) is 17.3. The summed E-state index contributed by atoms with van der Waals surface area (Å²) in [5.74, 6) is -10.7. The van der Waals surface area contributed by atoms with Crippen molar-refractivity contribution < 1.29 is 57.8 Å². The van der Waals surface area contributed by atoms with Crippen LogP contribution in [0.3, 0.4) is 0 Å². The maximum Gasteiger partial charge on any atom is 0.326 e. The van der Waals surface area contributed by atoms with Gasteiger partial charge in [-0.05, 0) is 62.8 Å². The summed E-state index contributed by atoms with van der Waals surface area (Å²) in [4.78, 5) is 146. The van der Waals surface area contributed by atoms with E-state index in [0.29, 0.717) is 32.2 Å². The second-order valence-corrected chi connectivity index (χ2v) is 19.0. The number of thiol groups is 3. The van der Waals surface area contributed by atoms with Crippen LogP contribution >= 0.6 is 37.9 Å². The average molecular weight is 1050 g/mol. The van der Waals surface area contributed by atoms with Crippen molar-refractivity contribution in [1.82, 2.24) is 47.4 Å². The molecule has 1 saturated heterocycles. The van der Waals surface area contributed by atoms with E-state index < -0.39 is 144 Å². The van der Waals surface area contributed by atoms with Crippen molar-refractivity contribution in [2.75, 3.05) is 36.9 Å². The van der Waals surface area contributed by atoms with Crippen molar-refractivity contribution in [3.63, 3.8) is 0 Å². The summed E-state index contributed by atoms with van der Waals surface area (Å²) in [6.45, 7) is 10.4. The van der Waals surface area contributed by atoms with Crippen molar-refractivity contribution >= 4 is 103 Å². The second kappa shape index (κ2) is 32.2. The molecule has 15 N–H and O–H groups in total. The van der Waals surface area contributed by atoms with E-state index in [1.165, 1.54) is 4.90 Å². The fraction of sp³-hybridized carbons (Fsp3) is 0.744. The van der Waals surface area contributed by atoms with Gasteiger partial charge in [0.05, 0.1) is 19.0 Å². The number of nitrogens with zero attached hydrogens (tertiary/aromatic N) is 1. The Labute approximate surface area is 425 Å².